The van der Waals surface area contributed by atoms with Gasteiger partial charge in [-0.2, -0.15) is 0 Å². The van der Waals surface area contributed by atoms with Gasteiger partial charge < -0.3 is 54.7 Å². The van der Waals surface area contributed by atoms with E-state index in [1.807, 2.05) is 6.92 Å². The number of hydrogen-bond donors (Lipinski definition) is 7. The molecular formula is C24H42O11. The Bertz CT molecular complexity index is 726. The molecule has 0 unspecified atom stereocenters. The summed E-state index contributed by atoms with van der Waals surface area (Å²) in [5.74, 6) is 0. The molecule has 3 aliphatic rings. The summed E-state index contributed by atoms with van der Waals surface area (Å²) in [4.78, 5) is 0. The van der Waals surface area contributed by atoms with E-state index in [4.69, 9.17) is 18.9 Å². The van der Waals surface area contributed by atoms with Gasteiger partial charge in [0.1, 0.15) is 42.7 Å². The van der Waals surface area contributed by atoms with E-state index in [0.717, 1.165) is 12.0 Å². The molecule has 2 heterocycles. The number of rotatable bonds is 8. The van der Waals surface area contributed by atoms with Gasteiger partial charge in [0.05, 0.1) is 25.4 Å². The van der Waals surface area contributed by atoms with Crippen molar-refractivity contribution in [2.24, 2.45) is 5.41 Å². The first-order valence-corrected chi connectivity index (χ1v) is 12.3. The predicted molar refractivity (Wildman–Crippen MR) is 122 cm³/mol. The van der Waals surface area contributed by atoms with Crippen molar-refractivity contribution in [3.63, 3.8) is 0 Å². The second-order valence-corrected chi connectivity index (χ2v) is 10.8. The molecule has 0 aromatic carbocycles. The van der Waals surface area contributed by atoms with E-state index in [-0.39, 0.29) is 30.8 Å². The van der Waals surface area contributed by atoms with E-state index in [1.54, 1.807) is 6.92 Å². The number of allylic oxidation sites excluding steroid dienone is 1. The summed E-state index contributed by atoms with van der Waals surface area (Å²) in [5.41, 5.74) is 2.24. The van der Waals surface area contributed by atoms with Gasteiger partial charge in [-0.05, 0) is 44.9 Å². The molecule has 204 valence electrons. The predicted octanol–water partition coefficient (Wildman–Crippen LogP) is -1.07. The third kappa shape index (κ3) is 6.79. The van der Waals surface area contributed by atoms with Crippen LogP contribution < -0.4 is 0 Å². The Morgan fingerprint density at radius 3 is 2.26 bits per heavy atom. The van der Waals surface area contributed by atoms with Gasteiger partial charge in [0.15, 0.2) is 12.6 Å². The van der Waals surface area contributed by atoms with E-state index in [1.165, 1.54) is 5.57 Å². The Morgan fingerprint density at radius 1 is 0.971 bits per heavy atom. The standard InChI is InChI=1S/C24H42O11/c1-11-7-13(8-24(3,4)14(11)6-5-12(2)25)34-23-21(31)19(29)18(28)16(35-23)10-33-22-20(30)17(27)15(26)9-32-22/h12-13,15-23,25-31H,5-10H2,1-4H3/t12-,13+,15-,16-,17-,18-,19+,20-,21-,22-,23+/m1/s1. The van der Waals surface area contributed by atoms with Gasteiger partial charge in [-0.15, -0.1) is 0 Å². The summed E-state index contributed by atoms with van der Waals surface area (Å²) in [5, 5.41) is 70.4. The van der Waals surface area contributed by atoms with Crippen LogP contribution in [0.2, 0.25) is 0 Å². The maximum Gasteiger partial charge on any atom is 0.186 e. The lowest BCUT2D eigenvalue weighted by atomic mass is 9.70. The SMILES string of the molecule is CC1=C(CC[C@@H](C)O)C(C)(C)C[C@@H](O[C@H]2O[C@H](CO[C@H]3OC[C@@H](O)[C@@H](O)[C@H]3O)[C@@H](O)[C@H](O)[C@H]2O)C1. The molecule has 1 aliphatic carbocycles. The lowest BCUT2D eigenvalue weighted by Crippen LogP contribution is -2.61. The van der Waals surface area contributed by atoms with Crippen LogP contribution in [0.3, 0.4) is 0 Å². The van der Waals surface area contributed by atoms with Crippen molar-refractivity contribution in [2.45, 2.75) is 121 Å². The van der Waals surface area contributed by atoms with Gasteiger partial charge in [0.2, 0.25) is 0 Å². The summed E-state index contributed by atoms with van der Waals surface area (Å²) < 4.78 is 22.5. The van der Waals surface area contributed by atoms with Gasteiger partial charge in [-0.25, -0.2) is 0 Å². The normalized spacial score (nSPS) is 43.3. The van der Waals surface area contributed by atoms with Gasteiger partial charge in [0.25, 0.3) is 0 Å². The maximum atomic E-state index is 10.5. The Hall–Kier alpha value is -0.700. The second-order valence-electron chi connectivity index (χ2n) is 10.8. The lowest BCUT2D eigenvalue weighted by Gasteiger charge is -2.44. The van der Waals surface area contributed by atoms with Crippen molar-refractivity contribution in [2.75, 3.05) is 13.2 Å². The number of aliphatic hydroxyl groups excluding tert-OH is 7. The molecular weight excluding hydrogens is 464 g/mol. The van der Waals surface area contributed by atoms with Crippen LogP contribution >= 0.6 is 0 Å². The first-order valence-electron chi connectivity index (χ1n) is 12.3. The van der Waals surface area contributed by atoms with Gasteiger partial charge in [0, 0.05) is 0 Å². The molecule has 0 aromatic heterocycles. The second kappa shape index (κ2) is 11.8. The highest BCUT2D eigenvalue weighted by Gasteiger charge is 2.47. The van der Waals surface area contributed by atoms with Crippen molar-refractivity contribution in [1.82, 2.24) is 0 Å². The van der Waals surface area contributed by atoms with E-state index in [9.17, 15) is 35.7 Å². The molecule has 2 fully saturated rings. The molecule has 7 N–H and O–H groups in total. The fraction of sp³-hybridized carbons (Fsp3) is 0.917. The topological polar surface area (TPSA) is 179 Å². The van der Waals surface area contributed by atoms with E-state index in [2.05, 4.69) is 13.8 Å². The monoisotopic (exact) mass is 506 g/mol. The molecule has 0 aromatic rings. The van der Waals surface area contributed by atoms with Gasteiger partial charge >= 0.3 is 0 Å². The van der Waals surface area contributed by atoms with Crippen LogP contribution in [0.1, 0.15) is 53.4 Å². The van der Waals surface area contributed by atoms with Crippen LogP contribution in [-0.4, -0.2) is 116 Å². The van der Waals surface area contributed by atoms with Crippen LogP contribution in [0.15, 0.2) is 11.1 Å². The third-order valence-electron chi connectivity index (χ3n) is 7.29. The van der Waals surface area contributed by atoms with Crippen molar-refractivity contribution < 1.29 is 54.7 Å². The van der Waals surface area contributed by atoms with Gasteiger partial charge in [-0.1, -0.05) is 25.0 Å². The minimum absolute atomic E-state index is 0.192. The minimum Gasteiger partial charge on any atom is -0.393 e. The van der Waals surface area contributed by atoms with Crippen LogP contribution in [0.5, 0.6) is 0 Å². The highest BCUT2D eigenvalue weighted by Crippen LogP contribution is 2.44. The summed E-state index contributed by atoms with van der Waals surface area (Å²) in [7, 11) is 0. The fourth-order valence-corrected chi connectivity index (χ4v) is 5.28. The van der Waals surface area contributed by atoms with Crippen molar-refractivity contribution in [3.05, 3.63) is 11.1 Å². The Balaban J connectivity index is 1.62. The zero-order chi connectivity index (χ0) is 26.1. The van der Waals surface area contributed by atoms with Crippen LogP contribution in [-0.2, 0) is 18.9 Å². The number of ether oxygens (including phenoxy) is 4. The molecule has 0 amide bonds. The molecule has 11 nitrogen and oxygen atoms in total. The number of aliphatic hydroxyl groups is 7. The Morgan fingerprint density at radius 2 is 1.63 bits per heavy atom. The highest BCUT2D eigenvalue weighted by atomic mass is 16.7. The third-order valence-corrected chi connectivity index (χ3v) is 7.29. The molecule has 3 rings (SSSR count). The minimum atomic E-state index is -1.55. The largest absolute Gasteiger partial charge is 0.393 e. The Labute approximate surface area is 205 Å². The van der Waals surface area contributed by atoms with Crippen molar-refractivity contribution in [1.29, 1.82) is 0 Å². The molecule has 0 radical (unpaired) electrons. The zero-order valence-corrected chi connectivity index (χ0v) is 20.9. The summed E-state index contributed by atoms with van der Waals surface area (Å²) in [6, 6.07) is 0. The molecule has 2 aliphatic heterocycles. The van der Waals surface area contributed by atoms with Crippen LogP contribution in [0.4, 0.5) is 0 Å². The van der Waals surface area contributed by atoms with E-state index >= 15 is 0 Å². The Kier molecular flexibility index (Phi) is 9.72. The van der Waals surface area contributed by atoms with E-state index in [0.29, 0.717) is 19.3 Å². The highest BCUT2D eigenvalue weighted by molar-refractivity contribution is 5.24. The van der Waals surface area contributed by atoms with Crippen molar-refractivity contribution >= 4 is 0 Å². The maximum absolute atomic E-state index is 10.5. The van der Waals surface area contributed by atoms with Crippen LogP contribution in [0, 0.1) is 5.41 Å². The molecule has 0 saturated carbocycles. The molecule has 35 heavy (non-hydrogen) atoms. The van der Waals surface area contributed by atoms with Gasteiger partial charge in [-0.3, -0.25) is 0 Å². The fourth-order valence-electron chi connectivity index (χ4n) is 5.28. The zero-order valence-electron chi connectivity index (χ0n) is 20.9. The quantitative estimate of drug-likeness (QED) is 0.199. The molecule has 11 atom stereocenters. The molecule has 2 saturated heterocycles. The molecule has 0 bridgehead atoms. The summed E-state index contributed by atoms with van der Waals surface area (Å²) >= 11 is 0. The van der Waals surface area contributed by atoms with Crippen molar-refractivity contribution in [3.8, 4) is 0 Å². The van der Waals surface area contributed by atoms with Crippen LogP contribution in [0.25, 0.3) is 0 Å². The molecule has 0 spiro atoms. The summed E-state index contributed by atoms with van der Waals surface area (Å²) in [6.07, 6.45) is -10.3. The summed E-state index contributed by atoms with van der Waals surface area (Å²) in [6.45, 7) is 7.45. The molecule has 11 heteroatoms. The lowest BCUT2D eigenvalue weighted by molar-refractivity contribution is -0.328. The first kappa shape index (κ1) is 28.9. The average molecular weight is 507 g/mol. The first-order chi connectivity index (χ1) is 16.3. The average Bonchev–Trinajstić information content (AvgIpc) is 2.77. The van der Waals surface area contributed by atoms with E-state index < -0.39 is 55.3 Å². The smallest absolute Gasteiger partial charge is 0.186 e. The number of hydrogen-bond acceptors (Lipinski definition) is 11.